The van der Waals surface area contributed by atoms with Gasteiger partial charge in [0.25, 0.3) is 5.56 Å². The molecule has 7 nitrogen and oxygen atoms in total. The van der Waals surface area contributed by atoms with Crippen molar-refractivity contribution in [3.8, 4) is 11.1 Å². The van der Waals surface area contributed by atoms with Crippen LogP contribution in [0.3, 0.4) is 0 Å². The summed E-state index contributed by atoms with van der Waals surface area (Å²) in [4.78, 5) is 19.3. The quantitative estimate of drug-likeness (QED) is 0.710. The minimum absolute atomic E-state index is 0.0852. The molecule has 27 heavy (non-hydrogen) atoms. The fourth-order valence-electron chi connectivity index (χ4n) is 4.48. The van der Waals surface area contributed by atoms with Gasteiger partial charge in [0.2, 0.25) is 11.8 Å². The molecular formula is C20H21N5O2. The first kappa shape index (κ1) is 16.4. The van der Waals surface area contributed by atoms with Crippen molar-refractivity contribution in [2.45, 2.75) is 32.4 Å². The van der Waals surface area contributed by atoms with Gasteiger partial charge in [-0.25, -0.2) is 0 Å². The highest BCUT2D eigenvalue weighted by atomic mass is 16.4. The Bertz CT molecular complexity index is 1030. The van der Waals surface area contributed by atoms with Gasteiger partial charge >= 0.3 is 0 Å². The van der Waals surface area contributed by atoms with E-state index >= 15 is 0 Å². The van der Waals surface area contributed by atoms with Crippen molar-refractivity contribution >= 4 is 0 Å². The number of aryl methyl sites for hydroxylation is 1. The Labute approximate surface area is 156 Å². The van der Waals surface area contributed by atoms with Crippen LogP contribution < -0.4 is 5.56 Å². The zero-order chi connectivity index (χ0) is 18.4. The highest BCUT2D eigenvalue weighted by Crippen LogP contribution is 2.36. The summed E-state index contributed by atoms with van der Waals surface area (Å²) >= 11 is 0. The van der Waals surface area contributed by atoms with E-state index in [1.54, 1.807) is 12.3 Å². The largest absolute Gasteiger partial charge is 0.424 e. The Hall–Kier alpha value is -2.80. The highest BCUT2D eigenvalue weighted by molar-refractivity contribution is 5.62. The van der Waals surface area contributed by atoms with Crippen LogP contribution in [0.25, 0.3) is 11.1 Å². The van der Waals surface area contributed by atoms with Crippen molar-refractivity contribution in [3.05, 3.63) is 64.5 Å². The number of aromatic nitrogens is 4. The zero-order valence-electron chi connectivity index (χ0n) is 15.2. The molecule has 0 radical (unpaired) electrons. The van der Waals surface area contributed by atoms with Crippen molar-refractivity contribution < 1.29 is 4.42 Å². The number of nitrogens with zero attached hydrogens (tertiary/aromatic N) is 5. The van der Waals surface area contributed by atoms with E-state index in [2.05, 4.69) is 26.1 Å². The summed E-state index contributed by atoms with van der Waals surface area (Å²) < 4.78 is 7.51. The van der Waals surface area contributed by atoms with Gasteiger partial charge < -0.3 is 8.98 Å². The third-order valence-electron chi connectivity index (χ3n) is 5.55. The van der Waals surface area contributed by atoms with E-state index in [1.807, 2.05) is 29.8 Å². The van der Waals surface area contributed by atoms with Gasteiger partial charge in [-0.3, -0.25) is 14.7 Å². The fraction of sp³-hybridized carbons (Fsp3) is 0.400. The second-order valence-electron chi connectivity index (χ2n) is 7.57. The predicted octanol–water partition coefficient (Wildman–Crippen LogP) is 2.22. The van der Waals surface area contributed by atoms with E-state index in [4.69, 9.17) is 4.42 Å². The van der Waals surface area contributed by atoms with E-state index in [0.717, 1.165) is 42.9 Å². The van der Waals surface area contributed by atoms with Crippen molar-refractivity contribution in [3.63, 3.8) is 0 Å². The fourth-order valence-corrected chi connectivity index (χ4v) is 4.48. The van der Waals surface area contributed by atoms with Gasteiger partial charge in [-0.1, -0.05) is 6.07 Å². The molecule has 0 N–H and O–H groups in total. The highest BCUT2D eigenvalue weighted by Gasteiger charge is 2.35. The molecule has 3 aromatic heterocycles. The lowest BCUT2D eigenvalue weighted by Crippen LogP contribution is -2.46. The lowest BCUT2D eigenvalue weighted by molar-refractivity contribution is 0.106. The number of piperidine rings is 1. The molecule has 0 aromatic carbocycles. The molecule has 2 aliphatic heterocycles. The summed E-state index contributed by atoms with van der Waals surface area (Å²) in [6, 6.07) is 7.80. The van der Waals surface area contributed by atoms with Crippen LogP contribution in [0.15, 0.2) is 45.9 Å². The van der Waals surface area contributed by atoms with Crippen molar-refractivity contribution in [2.75, 3.05) is 13.1 Å². The van der Waals surface area contributed by atoms with Crippen LogP contribution in [0.5, 0.6) is 0 Å². The number of rotatable bonds is 3. The Morgan fingerprint density at radius 1 is 1.19 bits per heavy atom. The topological polar surface area (TPSA) is 77.1 Å². The van der Waals surface area contributed by atoms with E-state index in [0.29, 0.717) is 30.2 Å². The molecule has 1 saturated heterocycles. The van der Waals surface area contributed by atoms with Gasteiger partial charge in [-0.2, -0.15) is 0 Å². The second-order valence-corrected chi connectivity index (χ2v) is 7.57. The lowest BCUT2D eigenvalue weighted by atomic mass is 9.82. The molecular weight excluding hydrogens is 342 g/mol. The first-order valence-electron chi connectivity index (χ1n) is 9.32. The smallest absolute Gasteiger partial charge is 0.251 e. The Kier molecular flexibility index (Phi) is 3.89. The maximum absolute atomic E-state index is 12.8. The lowest BCUT2D eigenvalue weighted by Gasteiger charge is -2.42. The number of hydrogen-bond donors (Lipinski definition) is 0. The molecule has 0 aliphatic carbocycles. The summed E-state index contributed by atoms with van der Waals surface area (Å²) in [6.07, 6.45) is 4.68. The average Bonchev–Trinajstić information content (AvgIpc) is 3.08. The summed E-state index contributed by atoms with van der Waals surface area (Å²) in [5.41, 5.74) is 3.14. The minimum atomic E-state index is 0.0852. The predicted molar refractivity (Wildman–Crippen MR) is 99.1 cm³/mol. The molecule has 2 bridgehead atoms. The normalized spacial score (nSPS) is 21.8. The molecule has 1 fully saturated rings. The second kappa shape index (κ2) is 6.42. The molecule has 3 aromatic rings. The van der Waals surface area contributed by atoms with Crippen molar-refractivity contribution in [1.29, 1.82) is 0 Å². The number of pyridine rings is 2. The van der Waals surface area contributed by atoms with Crippen LogP contribution in [-0.4, -0.2) is 37.7 Å². The third-order valence-corrected chi connectivity index (χ3v) is 5.55. The van der Waals surface area contributed by atoms with Crippen LogP contribution in [0, 0.1) is 12.8 Å². The molecule has 2 aliphatic rings. The van der Waals surface area contributed by atoms with Crippen LogP contribution in [0.1, 0.15) is 29.8 Å². The zero-order valence-corrected chi connectivity index (χ0v) is 15.2. The number of likely N-dealkylation sites (tertiary alicyclic amines) is 1. The van der Waals surface area contributed by atoms with Gasteiger partial charge in [0.15, 0.2) is 0 Å². The van der Waals surface area contributed by atoms with Gasteiger partial charge in [0.1, 0.15) is 0 Å². The standard InChI is InChI=1S/C20H21N5O2/c1-13-22-23-19(27-13)12-24-9-14-5-17(11-24)18-6-16(7-20(26)25(18)10-14)15-3-2-4-21-8-15/h2-4,6-8,14,17H,5,9-12H2,1H3/t14-,17+/m0/s1. The summed E-state index contributed by atoms with van der Waals surface area (Å²) in [5.74, 6) is 2.07. The summed E-state index contributed by atoms with van der Waals surface area (Å²) in [7, 11) is 0. The summed E-state index contributed by atoms with van der Waals surface area (Å²) in [6.45, 7) is 5.10. The molecule has 138 valence electrons. The molecule has 5 rings (SSSR count). The van der Waals surface area contributed by atoms with Gasteiger partial charge in [-0.05, 0) is 30.0 Å². The van der Waals surface area contributed by atoms with Crippen LogP contribution in [0.2, 0.25) is 0 Å². The van der Waals surface area contributed by atoms with E-state index in [9.17, 15) is 4.79 Å². The van der Waals surface area contributed by atoms with Crippen LogP contribution in [0.4, 0.5) is 0 Å². The minimum Gasteiger partial charge on any atom is -0.424 e. The number of hydrogen-bond acceptors (Lipinski definition) is 6. The Balaban J connectivity index is 1.46. The average molecular weight is 363 g/mol. The van der Waals surface area contributed by atoms with Crippen LogP contribution >= 0.6 is 0 Å². The first-order valence-corrected chi connectivity index (χ1v) is 9.32. The molecule has 5 heterocycles. The Morgan fingerprint density at radius 3 is 2.89 bits per heavy atom. The van der Waals surface area contributed by atoms with Crippen LogP contribution in [-0.2, 0) is 13.1 Å². The van der Waals surface area contributed by atoms with E-state index in [-0.39, 0.29) is 5.56 Å². The van der Waals surface area contributed by atoms with E-state index < -0.39 is 0 Å². The van der Waals surface area contributed by atoms with E-state index in [1.165, 1.54) is 0 Å². The molecule has 2 atom stereocenters. The molecule has 0 saturated carbocycles. The van der Waals surface area contributed by atoms with Gasteiger partial charge in [0, 0.05) is 62.2 Å². The third kappa shape index (κ3) is 3.08. The van der Waals surface area contributed by atoms with Crippen molar-refractivity contribution in [2.24, 2.45) is 5.92 Å². The van der Waals surface area contributed by atoms with Gasteiger partial charge in [0.05, 0.1) is 6.54 Å². The molecule has 0 unspecified atom stereocenters. The molecule has 0 amide bonds. The number of fused-ring (bicyclic) bond motifs is 4. The maximum atomic E-state index is 12.8. The maximum Gasteiger partial charge on any atom is 0.251 e. The Morgan fingerprint density at radius 2 is 2.11 bits per heavy atom. The summed E-state index contributed by atoms with van der Waals surface area (Å²) in [5, 5.41) is 8.05. The monoisotopic (exact) mass is 363 g/mol. The first-order chi connectivity index (χ1) is 13.2. The molecule has 0 spiro atoms. The SMILES string of the molecule is Cc1nnc(CN2C[C@@H]3C[C@H](C2)c2cc(-c4cccnc4)cc(=O)n2C3)o1. The van der Waals surface area contributed by atoms with Gasteiger partial charge in [-0.15, -0.1) is 10.2 Å². The molecule has 7 heteroatoms. The van der Waals surface area contributed by atoms with Crippen molar-refractivity contribution in [1.82, 2.24) is 24.6 Å².